The van der Waals surface area contributed by atoms with Crippen molar-refractivity contribution in [1.29, 1.82) is 0 Å². The van der Waals surface area contributed by atoms with Gasteiger partial charge in [-0.15, -0.1) is 0 Å². The molecule has 2 fully saturated rings. The van der Waals surface area contributed by atoms with Crippen LogP contribution in [-0.4, -0.2) is 66.2 Å². The van der Waals surface area contributed by atoms with Gasteiger partial charge >= 0.3 is 0 Å². The molecule has 0 atom stereocenters. The van der Waals surface area contributed by atoms with Gasteiger partial charge in [-0.1, -0.05) is 6.07 Å². The van der Waals surface area contributed by atoms with Crippen LogP contribution in [0, 0.1) is 20.8 Å². The molecule has 1 aliphatic heterocycles. The number of benzene rings is 1. The summed E-state index contributed by atoms with van der Waals surface area (Å²) >= 11 is 0. The van der Waals surface area contributed by atoms with Crippen LogP contribution >= 0.6 is 0 Å². The fourth-order valence-corrected chi connectivity index (χ4v) is 6.20. The van der Waals surface area contributed by atoms with E-state index in [4.69, 9.17) is 15.5 Å². The van der Waals surface area contributed by atoms with Gasteiger partial charge in [-0.3, -0.25) is 19.5 Å². The summed E-state index contributed by atoms with van der Waals surface area (Å²) in [5, 5.41) is 3.02. The number of pyridine rings is 2. The van der Waals surface area contributed by atoms with Gasteiger partial charge < -0.3 is 25.7 Å². The van der Waals surface area contributed by atoms with E-state index in [0.717, 1.165) is 97.9 Å². The van der Waals surface area contributed by atoms with Crippen LogP contribution in [0.15, 0.2) is 41.3 Å². The molecule has 0 radical (unpaired) electrons. The van der Waals surface area contributed by atoms with Gasteiger partial charge in [0.1, 0.15) is 0 Å². The minimum Gasteiger partial charge on any atom is -0.379 e. The number of aryl methyl sites for hydroxylation is 2. The van der Waals surface area contributed by atoms with Crippen molar-refractivity contribution < 1.29 is 9.53 Å². The van der Waals surface area contributed by atoms with E-state index < -0.39 is 0 Å². The number of H-pyrrole nitrogens is 1. The summed E-state index contributed by atoms with van der Waals surface area (Å²) in [4.78, 5) is 38.5. The molecule has 9 heteroatoms. The number of ether oxygens (including phenoxy) is 1. The fourth-order valence-electron chi connectivity index (χ4n) is 6.20. The minimum atomic E-state index is -0.203. The Morgan fingerprint density at radius 1 is 1.10 bits per heavy atom. The molecule has 3 aromatic rings. The number of carbonyl (C=O) groups excluding carboxylic acids is 1. The van der Waals surface area contributed by atoms with Crippen LogP contribution < -0.4 is 21.5 Å². The minimum absolute atomic E-state index is 0.160. The van der Waals surface area contributed by atoms with E-state index in [0.29, 0.717) is 17.2 Å². The molecule has 9 nitrogen and oxygen atoms in total. The lowest BCUT2D eigenvalue weighted by Gasteiger charge is -2.36. The summed E-state index contributed by atoms with van der Waals surface area (Å²) in [6.07, 6.45) is 5.95. The van der Waals surface area contributed by atoms with Crippen molar-refractivity contribution in [2.75, 3.05) is 38.3 Å². The average molecular weight is 573 g/mol. The molecule has 224 valence electrons. The van der Waals surface area contributed by atoms with Crippen molar-refractivity contribution in [3.05, 3.63) is 80.5 Å². The highest BCUT2D eigenvalue weighted by Crippen LogP contribution is 2.34. The molecule has 3 heterocycles. The average Bonchev–Trinajstić information content (AvgIpc) is 2.97. The topological polar surface area (TPSA) is 117 Å². The number of nitrogens with zero attached hydrogens (tertiary/aromatic N) is 3. The van der Waals surface area contributed by atoms with Crippen LogP contribution in [0.2, 0.25) is 0 Å². The smallest absolute Gasteiger partial charge is 0.253 e. The number of aromatic amines is 1. The molecule has 2 aromatic heterocycles. The van der Waals surface area contributed by atoms with E-state index in [1.165, 1.54) is 0 Å². The Labute approximate surface area is 248 Å². The second-order valence-corrected chi connectivity index (χ2v) is 11.9. The van der Waals surface area contributed by atoms with E-state index in [1.54, 1.807) is 0 Å². The third kappa shape index (κ3) is 6.91. The van der Waals surface area contributed by atoms with Gasteiger partial charge in [0, 0.05) is 79.6 Å². The Bertz CT molecular complexity index is 1450. The molecular weight excluding hydrogens is 528 g/mol. The molecule has 42 heavy (non-hydrogen) atoms. The van der Waals surface area contributed by atoms with Crippen molar-refractivity contribution >= 4 is 11.6 Å². The third-order valence-electron chi connectivity index (χ3n) is 8.86. The second-order valence-electron chi connectivity index (χ2n) is 11.9. The Morgan fingerprint density at radius 2 is 1.83 bits per heavy atom. The van der Waals surface area contributed by atoms with Crippen LogP contribution in [0.4, 0.5) is 5.69 Å². The van der Waals surface area contributed by atoms with Crippen LogP contribution in [0.25, 0.3) is 11.1 Å². The van der Waals surface area contributed by atoms with Crippen molar-refractivity contribution in [3.8, 4) is 11.1 Å². The highest BCUT2D eigenvalue weighted by atomic mass is 16.5. The molecule has 1 aliphatic carbocycles. The van der Waals surface area contributed by atoms with E-state index >= 15 is 0 Å². The van der Waals surface area contributed by atoms with E-state index in [2.05, 4.69) is 45.3 Å². The summed E-state index contributed by atoms with van der Waals surface area (Å²) in [6.45, 7) is 10.1. The number of rotatable bonds is 8. The zero-order valence-electron chi connectivity index (χ0n) is 25.3. The zero-order chi connectivity index (χ0) is 29.8. The first-order valence-corrected chi connectivity index (χ1v) is 15.1. The second kappa shape index (κ2) is 13.2. The number of hydrogen-bond donors (Lipinski definition) is 3. The summed E-state index contributed by atoms with van der Waals surface area (Å²) in [7, 11) is 2.12. The molecule has 0 spiro atoms. The fraction of sp³-hybridized carbons (Fsp3) is 0.485. The Kier molecular flexibility index (Phi) is 9.40. The number of amides is 1. The number of nitrogens with one attached hydrogen (secondary N) is 2. The maximum absolute atomic E-state index is 13.7. The largest absolute Gasteiger partial charge is 0.379 e. The van der Waals surface area contributed by atoms with E-state index in [1.807, 2.05) is 39.1 Å². The number of morpholine rings is 1. The summed E-state index contributed by atoms with van der Waals surface area (Å²) < 4.78 is 5.47. The molecule has 1 aromatic carbocycles. The first-order valence-electron chi connectivity index (χ1n) is 15.1. The maximum Gasteiger partial charge on any atom is 0.253 e. The molecular formula is C33H44N6O3. The van der Waals surface area contributed by atoms with Gasteiger partial charge in [0.25, 0.3) is 11.5 Å². The van der Waals surface area contributed by atoms with Gasteiger partial charge in [-0.2, -0.15) is 0 Å². The van der Waals surface area contributed by atoms with Crippen molar-refractivity contribution in [3.63, 3.8) is 0 Å². The number of aromatic nitrogens is 2. The summed E-state index contributed by atoms with van der Waals surface area (Å²) in [6, 6.07) is 10.8. The molecule has 5 rings (SSSR count). The molecule has 2 aliphatic rings. The van der Waals surface area contributed by atoms with Crippen molar-refractivity contribution in [1.82, 2.24) is 20.2 Å². The van der Waals surface area contributed by atoms with Crippen molar-refractivity contribution in [2.24, 2.45) is 5.73 Å². The van der Waals surface area contributed by atoms with Gasteiger partial charge in [0.05, 0.1) is 18.9 Å². The molecule has 1 saturated heterocycles. The maximum atomic E-state index is 13.7. The molecule has 1 amide bonds. The molecule has 0 unspecified atom stereocenters. The Balaban J connectivity index is 1.44. The number of hydrogen-bond acceptors (Lipinski definition) is 7. The first-order chi connectivity index (χ1) is 20.2. The number of nitrogens with two attached hydrogens (primary N) is 1. The highest BCUT2D eigenvalue weighted by molar-refractivity contribution is 5.98. The van der Waals surface area contributed by atoms with Crippen LogP contribution in [0.3, 0.4) is 0 Å². The molecule has 0 bridgehead atoms. The van der Waals surface area contributed by atoms with Crippen molar-refractivity contribution in [2.45, 2.75) is 71.6 Å². The number of anilines is 1. The lowest BCUT2D eigenvalue weighted by atomic mass is 9.89. The van der Waals surface area contributed by atoms with Crippen LogP contribution in [0.5, 0.6) is 0 Å². The van der Waals surface area contributed by atoms with Crippen LogP contribution in [-0.2, 0) is 17.8 Å². The monoisotopic (exact) mass is 572 g/mol. The zero-order valence-corrected chi connectivity index (χ0v) is 25.3. The quantitative estimate of drug-likeness (QED) is 0.376. The predicted molar refractivity (Wildman–Crippen MR) is 167 cm³/mol. The Hall–Kier alpha value is -3.53. The van der Waals surface area contributed by atoms with Crippen LogP contribution in [0.1, 0.15) is 64.1 Å². The SMILES string of the molecule is Cc1cc(C)c(CNC(=O)c2cc(-c3ccc(CN4CCOCC4)nc3)cc(N(C)[C@H]3CC[C@@H](N)CC3)c2C)c(=O)[nH]1. The summed E-state index contributed by atoms with van der Waals surface area (Å²) in [5.74, 6) is -0.203. The molecule has 1 saturated carbocycles. The third-order valence-corrected chi connectivity index (χ3v) is 8.86. The number of carbonyl (C=O) groups is 1. The molecule has 4 N–H and O–H groups in total. The standard InChI is InChI=1S/C33H44N6O3/c1-21-15-22(2)37-33(41)30(21)19-36-32(40)29-16-25(17-31(23(29)3)38(4)28-9-6-26(34)7-10-28)24-5-8-27(35-18-24)20-39-11-13-42-14-12-39/h5,8,15-18,26,28H,6-7,9-14,19-20,34H2,1-4H3,(H,36,40)(H,37,41)/t26-,28+. The van der Waals surface area contributed by atoms with Gasteiger partial charge in [0.2, 0.25) is 0 Å². The Morgan fingerprint density at radius 3 is 2.50 bits per heavy atom. The predicted octanol–water partition coefficient (Wildman–Crippen LogP) is 3.83. The normalized spacial score (nSPS) is 19.5. The van der Waals surface area contributed by atoms with Gasteiger partial charge in [-0.25, -0.2) is 0 Å². The summed E-state index contributed by atoms with van der Waals surface area (Å²) in [5.41, 5.74) is 13.7. The first kappa shape index (κ1) is 29.9. The van der Waals surface area contributed by atoms with Gasteiger partial charge in [-0.05, 0) is 87.4 Å². The van der Waals surface area contributed by atoms with Gasteiger partial charge in [0.15, 0.2) is 0 Å². The van der Waals surface area contributed by atoms with E-state index in [-0.39, 0.29) is 24.1 Å². The lowest BCUT2D eigenvalue weighted by molar-refractivity contribution is 0.0336. The van der Waals surface area contributed by atoms with E-state index in [9.17, 15) is 9.59 Å². The lowest BCUT2D eigenvalue weighted by Crippen LogP contribution is -2.39. The highest BCUT2D eigenvalue weighted by Gasteiger charge is 2.25.